The van der Waals surface area contributed by atoms with Crippen molar-refractivity contribution in [3.63, 3.8) is 0 Å². The Balaban J connectivity index is 2.16. The molecular formula is C12H15N3O3. The lowest BCUT2D eigenvalue weighted by atomic mass is 10.1. The number of aryl methyl sites for hydroxylation is 1. The maximum Gasteiger partial charge on any atom is 0.295 e. The first-order valence-electron chi connectivity index (χ1n) is 5.85. The maximum absolute atomic E-state index is 11.0. The third kappa shape index (κ3) is 2.58. The summed E-state index contributed by atoms with van der Waals surface area (Å²) < 4.78 is 0. The van der Waals surface area contributed by atoms with Crippen molar-refractivity contribution in [1.29, 1.82) is 0 Å². The molecule has 0 bridgehead atoms. The number of rotatable bonds is 3. The number of nitro benzene ring substituents is 1. The molecule has 1 heterocycles. The van der Waals surface area contributed by atoms with Gasteiger partial charge in [0.1, 0.15) is 5.69 Å². The van der Waals surface area contributed by atoms with Gasteiger partial charge in [-0.15, -0.1) is 0 Å². The minimum Gasteiger partial charge on any atom is -0.375 e. The van der Waals surface area contributed by atoms with Crippen LogP contribution in [0, 0.1) is 17.0 Å². The van der Waals surface area contributed by atoms with Crippen LogP contribution in [0.15, 0.2) is 18.2 Å². The van der Waals surface area contributed by atoms with Gasteiger partial charge in [0.05, 0.1) is 4.92 Å². The third-order valence-corrected chi connectivity index (χ3v) is 3.05. The summed E-state index contributed by atoms with van der Waals surface area (Å²) in [6, 6.07) is 5.24. The fraction of sp³-hybridized carbons (Fsp3) is 0.417. The number of piperidine rings is 1. The van der Waals surface area contributed by atoms with Gasteiger partial charge >= 0.3 is 0 Å². The molecular weight excluding hydrogens is 234 g/mol. The summed E-state index contributed by atoms with van der Waals surface area (Å²) in [5, 5.41) is 16.9. The van der Waals surface area contributed by atoms with Gasteiger partial charge in [0.25, 0.3) is 5.69 Å². The highest BCUT2D eigenvalue weighted by molar-refractivity contribution is 5.77. The number of nitrogens with zero attached hydrogens (tertiary/aromatic N) is 1. The molecule has 2 rings (SSSR count). The van der Waals surface area contributed by atoms with E-state index in [1.807, 2.05) is 0 Å². The summed E-state index contributed by atoms with van der Waals surface area (Å²) in [5.74, 6) is 0.0341. The Morgan fingerprint density at radius 1 is 1.50 bits per heavy atom. The number of carbonyl (C=O) groups excluding carboxylic acids is 1. The Morgan fingerprint density at radius 2 is 2.28 bits per heavy atom. The summed E-state index contributed by atoms with van der Waals surface area (Å²) in [7, 11) is 0. The normalized spacial score (nSPS) is 19.2. The summed E-state index contributed by atoms with van der Waals surface area (Å²) in [4.78, 5) is 21.7. The fourth-order valence-electron chi connectivity index (χ4n) is 2.09. The highest BCUT2D eigenvalue weighted by Gasteiger charge is 2.22. The molecule has 1 aliphatic heterocycles. The lowest BCUT2D eigenvalue weighted by Crippen LogP contribution is -2.41. The van der Waals surface area contributed by atoms with E-state index in [0.717, 1.165) is 0 Å². The first-order valence-corrected chi connectivity index (χ1v) is 5.85. The van der Waals surface area contributed by atoms with Crippen molar-refractivity contribution in [2.45, 2.75) is 25.8 Å². The molecule has 0 saturated carbocycles. The van der Waals surface area contributed by atoms with Gasteiger partial charge in [-0.1, -0.05) is 12.1 Å². The number of nitrogens with one attached hydrogen (secondary N) is 2. The van der Waals surface area contributed by atoms with Crippen LogP contribution in [0.5, 0.6) is 0 Å². The van der Waals surface area contributed by atoms with Crippen molar-refractivity contribution in [1.82, 2.24) is 5.32 Å². The minimum atomic E-state index is -0.376. The lowest BCUT2D eigenvalue weighted by Gasteiger charge is -2.24. The van der Waals surface area contributed by atoms with Crippen molar-refractivity contribution in [2.24, 2.45) is 0 Å². The Morgan fingerprint density at radius 3 is 2.89 bits per heavy atom. The van der Waals surface area contributed by atoms with Crippen LogP contribution in [0.4, 0.5) is 11.4 Å². The fourth-order valence-corrected chi connectivity index (χ4v) is 2.09. The van der Waals surface area contributed by atoms with Crippen LogP contribution in [0.25, 0.3) is 0 Å². The molecule has 1 aromatic carbocycles. The van der Waals surface area contributed by atoms with E-state index in [1.165, 1.54) is 0 Å². The Bertz CT molecular complexity index is 477. The Labute approximate surface area is 105 Å². The van der Waals surface area contributed by atoms with E-state index >= 15 is 0 Å². The molecule has 1 aliphatic rings. The van der Waals surface area contributed by atoms with Crippen LogP contribution in [0.3, 0.4) is 0 Å². The van der Waals surface area contributed by atoms with Crippen LogP contribution < -0.4 is 10.6 Å². The molecule has 96 valence electrons. The molecule has 0 spiro atoms. The van der Waals surface area contributed by atoms with Gasteiger partial charge in [-0.05, 0) is 19.4 Å². The van der Waals surface area contributed by atoms with Gasteiger partial charge in [0, 0.05) is 24.6 Å². The second-order valence-electron chi connectivity index (χ2n) is 4.41. The molecule has 0 radical (unpaired) electrons. The third-order valence-electron chi connectivity index (χ3n) is 3.05. The zero-order valence-electron chi connectivity index (χ0n) is 10.1. The zero-order valence-corrected chi connectivity index (χ0v) is 10.1. The van der Waals surface area contributed by atoms with Crippen LogP contribution in [0.1, 0.15) is 18.4 Å². The van der Waals surface area contributed by atoms with Crippen LogP contribution >= 0.6 is 0 Å². The predicted octanol–water partition coefficient (Wildman–Crippen LogP) is 1.59. The van der Waals surface area contributed by atoms with Gasteiger partial charge in [0.15, 0.2) is 0 Å². The van der Waals surface area contributed by atoms with E-state index < -0.39 is 0 Å². The number of carbonyl (C=O) groups is 1. The number of benzene rings is 1. The summed E-state index contributed by atoms with van der Waals surface area (Å²) in [5.41, 5.74) is 1.25. The summed E-state index contributed by atoms with van der Waals surface area (Å²) >= 11 is 0. The first-order chi connectivity index (χ1) is 8.58. The molecule has 1 aromatic rings. The monoisotopic (exact) mass is 249 g/mol. The Kier molecular flexibility index (Phi) is 3.45. The number of amides is 1. The van der Waals surface area contributed by atoms with E-state index in [9.17, 15) is 14.9 Å². The quantitative estimate of drug-likeness (QED) is 0.629. The largest absolute Gasteiger partial charge is 0.375 e. The standard InChI is InChI=1S/C12H15N3O3/c1-8-3-2-4-10(12(8)15(17)18)14-9-5-6-11(16)13-7-9/h2-4,9,14H,5-7H2,1H3,(H,13,16). The van der Waals surface area contributed by atoms with Crippen LogP contribution in [0.2, 0.25) is 0 Å². The highest BCUT2D eigenvalue weighted by Crippen LogP contribution is 2.29. The van der Waals surface area contributed by atoms with E-state index in [0.29, 0.717) is 30.6 Å². The van der Waals surface area contributed by atoms with Crippen LogP contribution in [-0.4, -0.2) is 23.4 Å². The van der Waals surface area contributed by atoms with Crippen molar-refractivity contribution in [3.05, 3.63) is 33.9 Å². The molecule has 6 nitrogen and oxygen atoms in total. The molecule has 1 unspecified atom stereocenters. The second kappa shape index (κ2) is 5.03. The van der Waals surface area contributed by atoms with Crippen LogP contribution in [-0.2, 0) is 4.79 Å². The van der Waals surface area contributed by atoms with Crippen molar-refractivity contribution < 1.29 is 9.72 Å². The minimum absolute atomic E-state index is 0.0341. The lowest BCUT2D eigenvalue weighted by molar-refractivity contribution is -0.384. The molecule has 1 fully saturated rings. The molecule has 2 N–H and O–H groups in total. The van der Waals surface area contributed by atoms with E-state index in [2.05, 4.69) is 10.6 Å². The van der Waals surface area contributed by atoms with Gasteiger partial charge < -0.3 is 10.6 Å². The van der Waals surface area contributed by atoms with E-state index in [1.54, 1.807) is 25.1 Å². The number of nitro groups is 1. The first kappa shape index (κ1) is 12.3. The molecule has 1 amide bonds. The zero-order chi connectivity index (χ0) is 13.1. The molecule has 0 aromatic heterocycles. The molecule has 1 atom stereocenters. The summed E-state index contributed by atoms with van der Waals surface area (Å²) in [6.45, 7) is 2.22. The van der Waals surface area contributed by atoms with Crippen molar-refractivity contribution in [3.8, 4) is 0 Å². The molecule has 6 heteroatoms. The molecule has 0 aliphatic carbocycles. The van der Waals surface area contributed by atoms with Gasteiger partial charge in [0.2, 0.25) is 5.91 Å². The van der Waals surface area contributed by atoms with Crippen molar-refractivity contribution >= 4 is 17.3 Å². The number of para-hydroxylation sites is 1. The Hall–Kier alpha value is -2.11. The highest BCUT2D eigenvalue weighted by atomic mass is 16.6. The smallest absolute Gasteiger partial charge is 0.295 e. The summed E-state index contributed by atoms with van der Waals surface area (Å²) in [6.07, 6.45) is 1.15. The molecule has 1 saturated heterocycles. The van der Waals surface area contributed by atoms with E-state index in [4.69, 9.17) is 0 Å². The van der Waals surface area contributed by atoms with Gasteiger partial charge in [-0.2, -0.15) is 0 Å². The van der Waals surface area contributed by atoms with Gasteiger partial charge in [-0.25, -0.2) is 0 Å². The number of hydrogen-bond donors (Lipinski definition) is 2. The average molecular weight is 249 g/mol. The number of hydrogen-bond acceptors (Lipinski definition) is 4. The second-order valence-corrected chi connectivity index (χ2v) is 4.41. The SMILES string of the molecule is Cc1cccc(NC2CCC(=O)NC2)c1[N+](=O)[O-]. The molecule has 18 heavy (non-hydrogen) atoms. The predicted molar refractivity (Wildman–Crippen MR) is 67.5 cm³/mol. The average Bonchev–Trinajstić information content (AvgIpc) is 2.32. The number of anilines is 1. The van der Waals surface area contributed by atoms with Gasteiger partial charge in [-0.3, -0.25) is 14.9 Å². The van der Waals surface area contributed by atoms with E-state index in [-0.39, 0.29) is 22.6 Å². The topological polar surface area (TPSA) is 84.3 Å². The maximum atomic E-state index is 11.0. The van der Waals surface area contributed by atoms with Crippen molar-refractivity contribution in [2.75, 3.05) is 11.9 Å².